The Hall–Kier alpha value is -3.40. The van der Waals surface area contributed by atoms with Crippen LogP contribution in [0, 0.1) is 19.8 Å². The number of benzene rings is 1. The predicted octanol–water partition coefficient (Wildman–Crippen LogP) is 0.291. The van der Waals surface area contributed by atoms with Gasteiger partial charge in [-0.1, -0.05) is 13.0 Å². The standard InChI is InChI=1S/C20H25N7O3/c1-11-8-25(14-6-5-12(2)13(3)7-14)19-22-17-16(26(19)9-11)18(29)27(10-15(28)23-21)20(30)24(17)4/h5-7,11H,8-10,21H2,1-4H3,(H,23,28)/t11-/m1/s1. The summed E-state index contributed by atoms with van der Waals surface area (Å²) < 4.78 is 4.03. The molecule has 3 N–H and O–H groups in total. The molecule has 0 aliphatic carbocycles. The molecule has 30 heavy (non-hydrogen) atoms. The normalized spacial score (nSPS) is 16.0. The third kappa shape index (κ3) is 3.00. The van der Waals surface area contributed by atoms with E-state index >= 15 is 0 Å². The van der Waals surface area contributed by atoms with Crippen LogP contribution in [0.25, 0.3) is 11.2 Å². The van der Waals surface area contributed by atoms with Gasteiger partial charge in [-0.15, -0.1) is 0 Å². The minimum atomic E-state index is -0.628. The number of amides is 1. The first-order chi connectivity index (χ1) is 14.2. The number of nitrogens with one attached hydrogen (secondary N) is 1. The molecular weight excluding hydrogens is 386 g/mol. The second-order valence-corrected chi connectivity index (χ2v) is 7.98. The third-order valence-electron chi connectivity index (χ3n) is 5.71. The molecule has 1 aliphatic rings. The zero-order chi connectivity index (χ0) is 21.7. The van der Waals surface area contributed by atoms with E-state index < -0.39 is 23.7 Å². The first-order valence-corrected chi connectivity index (χ1v) is 9.77. The number of hydrogen-bond acceptors (Lipinski definition) is 6. The van der Waals surface area contributed by atoms with Gasteiger partial charge in [0.05, 0.1) is 0 Å². The van der Waals surface area contributed by atoms with E-state index in [1.165, 1.54) is 10.1 Å². The van der Waals surface area contributed by atoms with Crippen molar-refractivity contribution in [1.29, 1.82) is 0 Å². The van der Waals surface area contributed by atoms with Crippen LogP contribution in [0.3, 0.4) is 0 Å². The zero-order valence-corrected chi connectivity index (χ0v) is 17.5. The van der Waals surface area contributed by atoms with Crippen molar-refractivity contribution in [2.45, 2.75) is 33.9 Å². The second-order valence-electron chi connectivity index (χ2n) is 7.98. The maximum Gasteiger partial charge on any atom is 0.332 e. The molecule has 0 saturated heterocycles. The maximum absolute atomic E-state index is 13.2. The van der Waals surface area contributed by atoms with E-state index in [0.29, 0.717) is 23.7 Å². The topological polar surface area (TPSA) is 120 Å². The number of aromatic nitrogens is 4. The third-order valence-corrected chi connectivity index (χ3v) is 5.71. The van der Waals surface area contributed by atoms with Crippen LogP contribution in [-0.4, -0.2) is 31.1 Å². The van der Waals surface area contributed by atoms with Crippen molar-refractivity contribution in [2.24, 2.45) is 18.8 Å². The number of nitrogens with zero attached hydrogens (tertiary/aromatic N) is 5. The van der Waals surface area contributed by atoms with E-state index in [1.54, 1.807) is 7.05 Å². The molecular formula is C20H25N7O3. The molecule has 0 radical (unpaired) electrons. The van der Waals surface area contributed by atoms with Crippen LogP contribution >= 0.6 is 0 Å². The Labute approximate surface area is 172 Å². The molecule has 0 spiro atoms. The molecule has 0 fully saturated rings. The summed E-state index contributed by atoms with van der Waals surface area (Å²) in [5.41, 5.74) is 4.73. The zero-order valence-electron chi connectivity index (χ0n) is 17.5. The fraction of sp³-hybridized carbons (Fsp3) is 0.400. The van der Waals surface area contributed by atoms with E-state index in [4.69, 9.17) is 5.84 Å². The summed E-state index contributed by atoms with van der Waals surface area (Å²) in [5.74, 6) is 5.36. The van der Waals surface area contributed by atoms with Gasteiger partial charge in [-0.2, -0.15) is 4.98 Å². The molecule has 3 heterocycles. The Kier molecular flexibility index (Phi) is 4.73. The number of rotatable bonds is 3. The minimum Gasteiger partial charge on any atom is -0.312 e. The first kappa shape index (κ1) is 19.9. The number of carbonyl (C=O) groups is 1. The Balaban J connectivity index is 1.98. The summed E-state index contributed by atoms with van der Waals surface area (Å²) in [6.45, 7) is 7.09. The van der Waals surface area contributed by atoms with Crippen molar-refractivity contribution >= 4 is 28.7 Å². The van der Waals surface area contributed by atoms with Crippen LogP contribution in [0.2, 0.25) is 0 Å². The van der Waals surface area contributed by atoms with Crippen LogP contribution in [-0.2, 0) is 24.9 Å². The molecule has 2 aromatic heterocycles. The molecule has 10 nitrogen and oxygen atoms in total. The van der Waals surface area contributed by atoms with Gasteiger partial charge >= 0.3 is 5.69 Å². The van der Waals surface area contributed by atoms with Crippen LogP contribution in [0.1, 0.15) is 18.1 Å². The van der Waals surface area contributed by atoms with Crippen molar-refractivity contribution in [1.82, 2.24) is 24.1 Å². The molecule has 1 aliphatic heterocycles. The Morgan fingerprint density at radius 2 is 1.97 bits per heavy atom. The lowest BCUT2D eigenvalue weighted by Crippen LogP contribution is -2.45. The van der Waals surface area contributed by atoms with Gasteiger partial charge in [-0.25, -0.2) is 15.2 Å². The van der Waals surface area contributed by atoms with Gasteiger partial charge in [-0.3, -0.25) is 19.6 Å². The smallest absolute Gasteiger partial charge is 0.312 e. The van der Waals surface area contributed by atoms with E-state index in [9.17, 15) is 14.4 Å². The van der Waals surface area contributed by atoms with Crippen molar-refractivity contribution in [3.8, 4) is 0 Å². The highest BCUT2D eigenvalue weighted by Crippen LogP contribution is 2.33. The molecule has 158 valence electrons. The fourth-order valence-electron chi connectivity index (χ4n) is 3.94. The SMILES string of the molecule is Cc1ccc(N2C[C@@H](C)Cn3c2nc2c3c(=O)n(CC(=O)NN)c(=O)n2C)cc1C. The first-order valence-electron chi connectivity index (χ1n) is 9.77. The molecule has 0 bridgehead atoms. The number of aryl methyl sites for hydroxylation is 3. The van der Waals surface area contributed by atoms with Gasteiger partial charge in [-0.05, 0) is 43.0 Å². The quantitative estimate of drug-likeness (QED) is 0.363. The molecule has 1 aromatic carbocycles. The predicted molar refractivity (Wildman–Crippen MR) is 114 cm³/mol. The summed E-state index contributed by atoms with van der Waals surface area (Å²) in [6, 6.07) is 6.19. The Bertz CT molecular complexity index is 1280. The molecule has 10 heteroatoms. The number of carbonyl (C=O) groups excluding carboxylic acids is 1. The van der Waals surface area contributed by atoms with Crippen molar-refractivity contribution in [3.05, 3.63) is 50.2 Å². The largest absolute Gasteiger partial charge is 0.332 e. The van der Waals surface area contributed by atoms with Crippen LogP contribution < -0.4 is 27.4 Å². The summed E-state index contributed by atoms with van der Waals surface area (Å²) in [4.78, 5) is 44.4. The van der Waals surface area contributed by atoms with E-state index in [-0.39, 0.29) is 5.92 Å². The molecule has 4 rings (SSSR count). The van der Waals surface area contributed by atoms with Crippen LogP contribution in [0.4, 0.5) is 11.6 Å². The number of nitrogens with two attached hydrogens (primary N) is 1. The second kappa shape index (κ2) is 7.13. The van der Waals surface area contributed by atoms with Gasteiger partial charge in [0.15, 0.2) is 11.2 Å². The van der Waals surface area contributed by atoms with Gasteiger partial charge in [0, 0.05) is 25.8 Å². The summed E-state index contributed by atoms with van der Waals surface area (Å²) in [6.07, 6.45) is 0. The molecule has 0 saturated carbocycles. The van der Waals surface area contributed by atoms with Gasteiger partial charge in [0.2, 0.25) is 5.95 Å². The number of imidazole rings is 1. The van der Waals surface area contributed by atoms with Crippen molar-refractivity contribution in [3.63, 3.8) is 0 Å². The van der Waals surface area contributed by atoms with E-state index in [0.717, 1.165) is 22.4 Å². The number of hydrogen-bond donors (Lipinski definition) is 2. The lowest BCUT2D eigenvalue weighted by molar-refractivity contribution is -0.121. The average Bonchev–Trinajstić information content (AvgIpc) is 3.10. The Morgan fingerprint density at radius 1 is 1.23 bits per heavy atom. The molecule has 0 unspecified atom stereocenters. The van der Waals surface area contributed by atoms with E-state index in [2.05, 4.69) is 42.8 Å². The van der Waals surface area contributed by atoms with Crippen molar-refractivity contribution < 1.29 is 4.79 Å². The fourth-order valence-corrected chi connectivity index (χ4v) is 3.94. The van der Waals surface area contributed by atoms with Gasteiger partial charge in [0.1, 0.15) is 6.54 Å². The van der Waals surface area contributed by atoms with Gasteiger partial charge < -0.3 is 9.47 Å². The van der Waals surface area contributed by atoms with Crippen molar-refractivity contribution in [2.75, 3.05) is 11.4 Å². The lowest BCUT2D eigenvalue weighted by atomic mass is 10.1. The molecule has 1 amide bonds. The molecule has 3 aromatic rings. The molecule has 1 atom stereocenters. The van der Waals surface area contributed by atoms with E-state index in [1.807, 2.05) is 16.1 Å². The summed E-state index contributed by atoms with van der Waals surface area (Å²) in [5, 5.41) is 0. The highest BCUT2D eigenvalue weighted by molar-refractivity contribution is 5.78. The highest BCUT2D eigenvalue weighted by atomic mass is 16.2. The average molecular weight is 411 g/mol. The van der Waals surface area contributed by atoms with Crippen LogP contribution in [0.5, 0.6) is 0 Å². The van der Waals surface area contributed by atoms with Gasteiger partial charge in [0.25, 0.3) is 11.5 Å². The van der Waals surface area contributed by atoms with Crippen LogP contribution in [0.15, 0.2) is 27.8 Å². The summed E-state index contributed by atoms with van der Waals surface area (Å²) >= 11 is 0. The monoisotopic (exact) mass is 411 g/mol. The number of fused-ring (bicyclic) bond motifs is 3. The Morgan fingerprint density at radius 3 is 2.63 bits per heavy atom. The maximum atomic E-state index is 13.2. The number of hydrazine groups is 1. The lowest BCUT2D eigenvalue weighted by Gasteiger charge is -2.33. The highest BCUT2D eigenvalue weighted by Gasteiger charge is 2.30. The number of anilines is 2. The summed E-state index contributed by atoms with van der Waals surface area (Å²) in [7, 11) is 1.55. The minimum absolute atomic E-state index is 0.244.